The third-order valence-corrected chi connectivity index (χ3v) is 2.85. The van der Waals surface area contributed by atoms with E-state index >= 15 is 0 Å². The number of nitrogens with zero attached hydrogens (tertiary/aromatic N) is 1. The van der Waals surface area contributed by atoms with Crippen LogP contribution in [-0.4, -0.2) is 25.6 Å². The van der Waals surface area contributed by atoms with Crippen molar-refractivity contribution in [2.75, 3.05) is 19.6 Å². The summed E-state index contributed by atoms with van der Waals surface area (Å²) in [7, 11) is 0. The van der Waals surface area contributed by atoms with Crippen LogP contribution < -0.4 is 10.6 Å². The van der Waals surface area contributed by atoms with Crippen LogP contribution >= 0.6 is 0 Å². The lowest BCUT2D eigenvalue weighted by atomic mass is 10.3. The molecule has 0 fully saturated rings. The van der Waals surface area contributed by atoms with E-state index in [1.807, 2.05) is 12.1 Å². The Bertz CT molecular complexity index is 333. The van der Waals surface area contributed by atoms with Crippen LogP contribution in [-0.2, 0) is 6.42 Å². The molecule has 4 heteroatoms. The van der Waals surface area contributed by atoms with Gasteiger partial charge in [0.15, 0.2) is 5.96 Å². The summed E-state index contributed by atoms with van der Waals surface area (Å²) >= 11 is 0. The third kappa shape index (κ3) is 7.54. The van der Waals surface area contributed by atoms with Gasteiger partial charge in [0.1, 0.15) is 5.76 Å². The molecule has 0 aliphatic heterocycles. The molecule has 4 nitrogen and oxygen atoms in total. The van der Waals surface area contributed by atoms with Crippen molar-refractivity contribution in [1.82, 2.24) is 10.6 Å². The first kappa shape index (κ1) is 15.6. The number of nitrogens with one attached hydrogen (secondary N) is 2. The molecule has 0 atom stereocenters. The van der Waals surface area contributed by atoms with Gasteiger partial charge in [-0.05, 0) is 25.0 Å². The summed E-state index contributed by atoms with van der Waals surface area (Å²) in [6.07, 6.45) is 7.28. The van der Waals surface area contributed by atoms with Crippen molar-refractivity contribution in [2.45, 2.75) is 46.0 Å². The first-order valence-electron chi connectivity index (χ1n) is 7.41. The van der Waals surface area contributed by atoms with Crippen molar-refractivity contribution < 1.29 is 4.42 Å². The fourth-order valence-electron chi connectivity index (χ4n) is 1.67. The Morgan fingerprint density at radius 1 is 1.16 bits per heavy atom. The van der Waals surface area contributed by atoms with E-state index in [-0.39, 0.29) is 0 Å². The predicted octanol–water partition coefficient (Wildman–Crippen LogP) is 2.96. The van der Waals surface area contributed by atoms with E-state index < -0.39 is 0 Å². The van der Waals surface area contributed by atoms with E-state index in [1.165, 1.54) is 19.3 Å². The Hall–Kier alpha value is -1.45. The van der Waals surface area contributed by atoms with Crippen molar-refractivity contribution >= 4 is 5.96 Å². The zero-order chi connectivity index (χ0) is 13.8. The van der Waals surface area contributed by atoms with Gasteiger partial charge in [0, 0.05) is 26.1 Å². The summed E-state index contributed by atoms with van der Waals surface area (Å²) in [6, 6.07) is 3.92. The quantitative estimate of drug-likeness (QED) is 0.410. The zero-order valence-electron chi connectivity index (χ0n) is 12.2. The van der Waals surface area contributed by atoms with Crippen LogP contribution in [0.1, 0.15) is 45.3 Å². The maximum atomic E-state index is 5.31. The fraction of sp³-hybridized carbons (Fsp3) is 0.667. The number of rotatable bonds is 9. The SMILES string of the molecule is CCCCN=C(NCCCC)NCCc1ccco1. The number of furan rings is 1. The lowest BCUT2D eigenvalue weighted by Crippen LogP contribution is -2.39. The van der Waals surface area contributed by atoms with Crippen LogP contribution in [0.5, 0.6) is 0 Å². The molecule has 1 heterocycles. The van der Waals surface area contributed by atoms with Crippen LogP contribution in [0.4, 0.5) is 0 Å². The van der Waals surface area contributed by atoms with Gasteiger partial charge in [0.05, 0.1) is 6.26 Å². The number of guanidine groups is 1. The van der Waals surface area contributed by atoms with Gasteiger partial charge in [-0.1, -0.05) is 26.7 Å². The number of unbranched alkanes of at least 4 members (excludes halogenated alkanes) is 2. The maximum Gasteiger partial charge on any atom is 0.191 e. The highest BCUT2D eigenvalue weighted by Crippen LogP contribution is 1.99. The molecule has 108 valence electrons. The van der Waals surface area contributed by atoms with Gasteiger partial charge in [0.2, 0.25) is 0 Å². The molecule has 0 saturated heterocycles. The van der Waals surface area contributed by atoms with E-state index in [0.29, 0.717) is 0 Å². The molecule has 1 aromatic heterocycles. The Kier molecular flexibility index (Phi) is 8.60. The molecule has 2 N–H and O–H groups in total. The molecule has 0 aliphatic rings. The zero-order valence-corrected chi connectivity index (χ0v) is 12.2. The van der Waals surface area contributed by atoms with Crippen molar-refractivity contribution in [3.8, 4) is 0 Å². The minimum Gasteiger partial charge on any atom is -0.469 e. The highest BCUT2D eigenvalue weighted by atomic mass is 16.3. The minimum absolute atomic E-state index is 0.845. The second-order valence-electron chi connectivity index (χ2n) is 4.62. The van der Waals surface area contributed by atoms with E-state index in [1.54, 1.807) is 6.26 Å². The number of hydrogen-bond acceptors (Lipinski definition) is 2. The fourth-order valence-corrected chi connectivity index (χ4v) is 1.67. The van der Waals surface area contributed by atoms with Crippen LogP contribution in [0.25, 0.3) is 0 Å². The highest BCUT2D eigenvalue weighted by molar-refractivity contribution is 5.79. The molecule has 0 aliphatic carbocycles. The molecular formula is C15H27N3O. The largest absolute Gasteiger partial charge is 0.469 e. The summed E-state index contributed by atoms with van der Waals surface area (Å²) < 4.78 is 5.31. The minimum atomic E-state index is 0.845. The second kappa shape index (κ2) is 10.5. The Morgan fingerprint density at radius 3 is 2.63 bits per heavy atom. The van der Waals surface area contributed by atoms with Crippen LogP contribution in [0.2, 0.25) is 0 Å². The van der Waals surface area contributed by atoms with Crippen molar-refractivity contribution in [1.29, 1.82) is 0 Å². The van der Waals surface area contributed by atoms with Gasteiger partial charge in [-0.25, -0.2) is 0 Å². The molecule has 0 bridgehead atoms. The molecule has 0 radical (unpaired) electrons. The van der Waals surface area contributed by atoms with Crippen LogP contribution in [0.3, 0.4) is 0 Å². The van der Waals surface area contributed by atoms with Gasteiger partial charge < -0.3 is 15.1 Å². The standard InChI is InChI=1S/C15H27N3O/c1-3-5-10-16-15(17-11-6-4-2)18-12-9-14-8-7-13-19-14/h7-8,13H,3-6,9-12H2,1-2H3,(H2,16,17,18). The van der Waals surface area contributed by atoms with Crippen LogP contribution in [0.15, 0.2) is 27.8 Å². The predicted molar refractivity (Wildman–Crippen MR) is 80.5 cm³/mol. The van der Waals surface area contributed by atoms with E-state index in [0.717, 1.165) is 44.2 Å². The normalized spacial score (nSPS) is 11.6. The molecule has 0 saturated carbocycles. The first-order valence-corrected chi connectivity index (χ1v) is 7.41. The van der Waals surface area contributed by atoms with Gasteiger partial charge in [0.25, 0.3) is 0 Å². The summed E-state index contributed by atoms with van der Waals surface area (Å²) in [5, 5.41) is 6.72. The van der Waals surface area contributed by atoms with Crippen molar-refractivity contribution in [3.63, 3.8) is 0 Å². The van der Waals surface area contributed by atoms with Crippen molar-refractivity contribution in [3.05, 3.63) is 24.2 Å². The molecule has 1 aromatic rings. The molecule has 0 amide bonds. The topological polar surface area (TPSA) is 49.6 Å². The molecule has 1 rings (SSSR count). The molecule has 0 unspecified atom stereocenters. The Morgan fingerprint density at radius 2 is 1.95 bits per heavy atom. The van der Waals surface area contributed by atoms with E-state index in [4.69, 9.17) is 4.42 Å². The van der Waals surface area contributed by atoms with E-state index in [2.05, 4.69) is 29.5 Å². The molecule has 0 spiro atoms. The molecule has 0 aromatic carbocycles. The number of aliphatic imine (C=N–C) groups is 1. The highest BCUT2D eigenvalue weighted by Gasteiger charge is 1.99. The molecule has 19 heavy (non-hydrogen) atoms. The molecular weight excluding hydrogens is 238 g/mol. The number of hydrogen-bond donors (Lipinski definition) is 2. The lowest BCUT2D eigenvalue weighted by Gasteiger charge is -2.11. The van der Waals surface area contributed by atoms with Crippen molar-refractivity contribution in [2.24, 2.45) is 4.99 Å². The monoisotopic (exact) mass is 265 g/mol. The average Bonchev–Trinajstić information content (AvgIpc) is 2.92. The summed E-state index contributed by atoms with van der Waals surface area (Å²) in [4.78, 5) is 4.57. The van der Waals surface area contributed by atoms with Gasteiger partial charge >= 0.3 is 0 Å². The van der Waals surface area contributed by atoms with E-state index in [9.17, 15) is 0 Å². The Balaban J connectivity index is 2.28. The van der Waals surface area contributed by atoms with Gasteiger partial charge in [-0.2, -0.15) is 0 Å². The summed E-state index contributed by atoms with van der Waals surface area (Å²) in [6.45, 7) is 7.09. The summed E-state index contributed by atoms with van der Waals surface area (Å²) in [5.74, 6) is 1.93. The third-order valence-electron chi connectivity index (χ3n) is 2.85. The maximum absolute atomic E-state index is 5.31. The van der Waals surface area contributed by atoms with Crippen LogP contribution in [0, 0.1) is 0 Å². The summed E-state index contributed by atoms with van der Waals surface area (Å²) in [5.41, 5.74) is 0. The van der Waals surface area contributed by atoms with Gasteiger partial charge in [-0.3, -0.25) is 4.99 Å². The second-order valence-corrected chi connectivity index (χ2v) is 4.62. The average molecular weight is 265 g/mol. The lowest BCUT2D eigenvalue weighted by molar-refractivity contribution is 0.506. The van der Waals surface area contributed by atoms with Gasteiger partial charge in [-0.15, -0.1) is 0 Å². The smallest absolute Gasteiger partial charge is 0.191 e. The Labute approximate surface area is 116 Å². The first-order chi connectivity index (χ1) is 9.36.